The minimum absolute atomic E-state index is 0. The monoisotopic (exact) mass is 265 g/mol. The molecule has 18 heavy (non-hydrogen) atoms. The molecule has 0 aromatic heterocycles. The molecule has 0 aliphatic carbocycles. The Morgan fingerprint density at radius 1 is 1.11 bits per heavy atom. The van der Waals surface area contributed by atoms with E-state index in [9.17, 15) is 4.39 Å². The molecule has 2 N–H and O–H groups in total. The van der Waals surface area contributed by atoms with Crippen molar-refractivity contribution in [3.05, 3.63) is 53.8 Å². The molecule has 2 nitrogen and oxygen atoms in total. The van der Waals surface area contributed by atoms with Gasteiger partial charge in [-0.25, -0.2) is 4.39 Å². The molecule has 0 bridgehead atoms. The zero-order chi connectivity index (χ0) is 11.8. The summed E-state index contributed by atoms with van der Waals surface area (Å²) >= 11 is 0. The van der Waals surface area contributed by atoms with Crippen LogP contribution < -0.4 is 10.5 Å². The quantitative estimate of drug-likeness (QED) is 0.859. The highest BCUT2D eigenvalue weighted by Gasteiger charge is 2.24. The molecular formula is C14H13ClFNO. The van der Waals surface area contributed by atoms with Crippen molar-refractivity contribution in [1.29, 1.82) is 0 Å². The van der Waals surface area contributed by atoms with Gasteiger partial charge in [-0.05, 0) is 23.8 Å². The van der Waals surface area contributed by atoms with Crippen LogP contribution in [0.5, 0.6) is 5.75 Å². The highest BCUT2D eigenvalue weighted by atomic mass is 35.5. The number of fused-ring (bicyclic) bond motifs is 3. The summed E-state index contributed by atoms with van der Waals surface area (Å²) in [5.41, 5.74) is 8.53. The predicted octanol–water partition coefficient (Wildman–Crippen LogP) is 3.31. The van der Waals surface area contributed by atoms with Crippen LogP contribution in [0.4, 0.5) is 4.39 Å². The zero-order valence-electron chi connectivity index (χ0n) is 9.60. The Labute approximate surface area is 111 Å². The van der Waals surface area contributed by atoms with E-state index in [1.807, 2.05) is 24.3 Å². The van der Waals surface area contributed by atoms with Crippen molar-refractivity contribution in [1.82, 2.24) is 0 Å². The second-order valence-corrected chi connectivity index (χ2v) is 4.07. The minimum Gasteiger partial charge on any atom is -0.484 e. The van der Waals surface area contributed by atoms with E-state index in [2.05, 4.69) is 0 Å². The predicted molar refractivity (Wildman–Crippen MR) is 71.5 cm³/mol. The Balaban J connectivity index is 0.00000120. The zero-order valence-corrected chi connectivity index (χ0v) is 10.4. The maximum absolute atomic E-state index is 13.3. The lowest BCUT2D eigenvalue weighted by atomic mass is 9.93. The Morgan fingerprint density at radius 2 is 1.89 bits per heavy atom. The molecule has 0 radical (unpaired) electrons. The summed E-state index contributed by atoms with van der Waals surface area (Å²) in [5.74, 6) is 0.439. The summed E-state index contributed by atoms with van der Waals surface area (Å²) in [6.45, 7) is 0.411. The lowest BCUT2D eigenvalue weighted by molar-refractivity contribution is 0.210. The second-order valence-electron chi connectivity index (χ2n) is 4.07. The lowest BCUT2D eigenvalue weighted by Gasteiger charge is -2.27. The van der Waals surface area contributed by atoms with E-state index >= 15 is 0 Å². The molecule has 0 amide bonds. The van der Waals surface area contributed by atoms with Crippen LogP contribution in [-0.4, -0.2) is 6.54 Å². The van der Waals surface area contributed by atoms with Crippen LogP contribution in [0.2, 0.25) is 0 Å². The first kappa shape index (κ1) is 12.9. The summed E-state index contributed by atoms with van der Waals surface area (Å²) in [6.07, 6.45) is -0.149. The Kier molecular flexibility index (Phi) is 3.55. The van der Waals surface area contributed by atoms with Crippen LogP contribution in [0.3, 0.4) is 0 Å². The van der Waals surface area contributed by atoms with Gasteiger partial charge < -0.3 is 10.5 Å². The van der Waals surface area contributed by atoms with Gasteiger partial charge in [0.05, 0.1) is 0 Å². The molecule has 1 unspecified atom stereocenters. The fourth-order valence-electron chi connectivity index (χ4n) is 2.23. The van der Waals surface area contributed by atoms with Gasteiger partial charge in [0, 0.05) is 17.7 Å². The van der Waals surface area contributed by atoms with Crippen molar-refractivity contribution in [2.24, 2.45) is 5.73 Å². The molecule has 3 rings (SSSR count). The Hall–Kier alpha value is -1.58. The SMILES string of the molecule is Cl.NCC1Oc2ccc(F)cc2-c2ccccc21. The van der Waals surface area contributed by atoms with E-state index in [-0.39, 0.29) is 24.3 Å². The lowest BCUT2D eigenvalue weighted by Crippen LogP contribution is -2.22. The molecule has 2 aromatic rings. The molecule has 1 aliphatic heterocycles. The molecule has 1 atom stereocenters. The van der Waals surface area contributed by atoms with E-state index in [4.69, 9.17) is 10.5 Å². The molecule has 0 saturated carbocycles. The Bertz CT molecular complexity index is 573. The summed E-state index contributed by atoms with van der Waals surface area (Å²) in [4.78, 5) is 0. The number of hydrogen-bond acceptors (Lipinski definition) is 2. The third-order valence-electron chi connectivity index (χ3n) is 3.02. The van der Waals surface area contributed by atoms with E-state index < -0.39 is 0 Å². The molecule has 1 heterocycles. The van der Waals surface area contributed by atoms with Crippen LogP contribution in [0.1, 0.15) is 11.7 Å². The van der Waals surface area contributed by atoms with Gasteiger partial charge in [0.2, 0.25) is 0 Å². The van der Waals surface area contributed by atoms with Crippen LogP contribution in [0, 0.1) is 5.82 Å². The first-order valence-electron chi connectivity index (χ1n) is 5.55. The van der Waals surface area contributed by atoms with E-state index in [1.165, 1.54) is 12.1 Å². The average molecular weight is 266 g/mol. The average Bonchev–Trinajstić information content (AvgIpc) is 2.38. The molecule has 1 aliphatic rings. The third-order valence-corrected chi connectivity index (χ3v) is 3.02. The van der Waals surface area contributed by atoms with Crippen molar-refractivity contribution < 1.29 is 9.13 Å². The van der Waals surface area contributed by atoms with Crippen LogP contribution >= 0.6 is 12.4 Å². The topological polar surface area (TPSA) is 35.2 Å². The summed E-state index contributed by atoms with van der Waals surface area (Å²) in [7, 11) is 0. The summed E-state index contributed by atoms with van der Waals surface area (Å²) < 4.78 is 19.1. The molecule has 94 valence electrons. The van der Waals surface area contributed by atoms with Gasteiger partial charge in [0.1, 0.15) is 17.7 Å². The number of nitrogens with two attached hydrogens (primary N) is 1. The second kappa shape index (κ2) is 4.96. The van der Waals surface area contributed by atoms with Crippen molar-refractivity contribution in [2.75, 3.05) is 6.54 Å². The molecule has 0 fully saturated rings. The molecule has 0 saturated heterocycles. The van der Waals surface area contributed by atoms with Gasteiger partial charge in [0.25, 0.3) is 0 Å². The number of rotatable bonds is 1. The maximum Gasteiger partial charge on any atom is 0.137 e. The number of hydrogen-bond donors (Lipinski definition) is 1. The van der Waals surface area contributed by atoms with Crippen molar-refractivity contribution in [3.63, 3.8) is 0 Å². The molecular weight excluding hydrogens is 253 g/mol. The molecule has 4 heteroatoms. The van der Waals surface area contributed by atoms with Gasteiger partial charge in [-0.15, -0.1) is 12.4 Å². The van der Waals surface area contributed by atoms with E-state index in [0.29, 0.717) is 12.3 Å². The van der Waals surface area contributed by atoms with Crippen molar-refractivity contribution in [3.8, 4) is 16.9 Å². The van der Waals surface area contributed by atoms with Crippen LogP contribution in [-0.2, 0) is 0 Å². The van der Waals surface area contributed by atoms with Crippen LogP contribution in [0.15, 0.2) is 42.5 Å². The molecule has 0 spiro atoms. The number of halogens is 2. The van der Waals surface area contributed by atoms with Gasteiger partial charge in [-0.3, -0.25) is 0 Å². The Morgan fingerprint density at radius 3 is 2.67 bits per heavy atom. The van der Waals surface area contributed by atoms with Crippen LogP contribution in [0.25, 0.3) is 11.1 Å². The highest BCUT2D eigenvalue weighted by molar-refractivity contribution is 5.85. The van der Waals surface area contributed by atoms with Crippen molar-refractivity contribution in [2.45, 2.75) is 6.10 Å². The fraction of sp³-hybridized carbons (Fsp3) is 0.143. The standard InChI is InChI=1S/C14H12FNO.ClH/c15-9-5-6-13-12(7-9)10-3-1-2-4-11(10)14(8-16)17-13;/h1-7,14H,8,16H2;1H. The van der Waals surface area contributed by atoms with Gasteiger partial charge in [-0.2, -0.15) is 0 Å². The number of ether oxygens (including phenoxy) is 1. The summed E-state index contributed by atoms with van der Waals surface area (Å²) in [5, 5.41) is 0. The highest BCUT2D eigenvalue weighted by Crippen LogP contribution is 2.41. The maximum atomic E-state index is 13.3. The first-order valence-corrected chi connectivity index (χ1v) is 5.55. The summed E-state index contributed by atoms with van der Waals surface area (Å²) in [6, 6.07) is 12.4. The normalized spacial score (nSPS) is 16.0. The number of benzene rings is 2. The fourth-order valence-corrected chi connectivity index (χ4v) is 2.23. The third kappa shape index (κ3) is 1.96. The minimum atomic E-state index is -0.256. The molecule has 2 aromatic carbocycles. The van der Waals surface area contributed by atoms with Crippen molar-refractivity contribution >= 4 is 12.4 Å². The van der Waals surface area contributed by atoms with Gasteiger partial charge in [-0.1, -0.05) is 24.3 Å². The smallest absolute Gasteiger partial charge is 0.137 e. The van der Waals surface area contributed by atoms with E-state index in [0.717, 1.165) is 16.7 Å². The van der Waals surface area contributed by atoms with Gasteiger partial charge >= 0.3 is 0 Å². The van der Waals surface area contributed by atoms with E-state index in [1.54, 1.807) is 6.07 Å². The first-order chi connectivity index (χ1) is 8.29. The van der Waals surface area contributed by atoms with Gasteiger partial charge in [0.15, 0.2) is 0 Å². The largest absolute Gasteiger partial charge is 0.484 e.